The second kappa shape index (κ2) is 4.05. The molecule has 3 saturated carbocycles. The highest BCUT2D eigenvalue weighted by Crippen LogP contribution is 2.68. The molecule has 6 unspecified atom stereocenters. The van der Waals surface area contributed by atoms with Crippen LogP contribution in [0.25, 0.3) is 0 Å². The lowest BCUT2D eigenvalue weighted by Crippen LogP contribution is -2.54. The molecule has 1 heterocycles. The molecule has 0 aromatic carbocycles. The molecule has 23 heavy (non-hydrogen) atoms. The Bertz CT molecular complexity index is 683. The van der Waals surface area contributed by atoms with Gasteiger partial charge in [-0.25, -0.2) is 0 Å². The second-order valence-electron chi connectivity index (χ2n) is 8.86. The van der Waals surface area contributed by atoms with E-state index >= 15 is 0 Å². The highest BCUT2D eigenvalue weighted by Gasteiger charge is 2.67. The van der Waals surface area contributed by atoms with Gasteiger partial charge in [-0.15, -0.1) is 0 Å². The summed E-state index contributed by atoms with van der Waals surface area (Å²) in [4.78, 5) is 24.4. The maximum absolute atomic E-state index is 12.5. The minimum Gasteiger partial charge on any atom is -0.365 e. The topological polar surface area (TPSA) is 46.7 Å². The van der Waals surface area contributed by atoms with E-state index in [4.69, 9.17) is 4.74 Å². The normalized spacial score (nSPS) is 53.7. The predicted molar refractivity (Wildman–Crippen MR) is 85.7 cm³/mol. The van der Waals surface area contributed by atoms with Crippen molar-refractivity contribution in [2.75, 3.05) is 6.61 Å². The third-order valence-electron chi connectivity index (χ3n) is 7.93. The molecule has 0 bridgehead atoms. The van der Waals surface area contributed by atoms with Crippen molar-refractivity contribution >= 4 is 11.6 Å². The Morgan fingerprint density at radius 3 is 2.70 bits per heavy atom. The minimum atomic E-state index is -0.208. The first-order chi connectivity index (χ1) is 10.9. The summed E-state index contributed by atoms with van der Waals surface area (Å²) in [5.74, 6) is 2.16. The number of carbonyl (C=O) groups excluding carboxylic acids is 2. The first kappa shape index (κ1) is 14.2. The molecule has 6 atom stereocenters. The maximum atomic E-state index is 12.5. The zero-order valence-corrected chi connectivity index (χ0v) is 13.9. The van der Waals surface area contributed by atoms with E-state index in [0.717, 1.165) is 38.7 Å². The molecule has 5 rings (SSSR count). The third-order valence-corrected chi connectivity index (χ3v) is 7.93. The van der Waals surface area contributed by atoms with Gasteiger partial charge >= 0.3 is 0 Å². The van der Waals surface area contributed by atoms with Gasteiger partial charge in [-0.05, 0) is 61.2 Å². The zero-order valence-electron chi connectivity index (χ0n) is 13.9. The number of rotatable bonds is 0. The highest BCUT2D eigenvalue weighted by molar-refractivity contribution is 6.01. The van der Waals surface area contributed by atoms with Crippen molar-refractivity contribution in [2.45, 2.75) is 51.6 Å². The monoisotopic (exact) mass is 312 g/mol. The third kappa shape index (κ3) is 1.60. The molecule has 3 heteroatoms. The van der Waals surface area contributed by atoms with Crippen LogP contribution in [0.3, 0.4) is 0 Å². The van der Waals surface area contributed by atoms with E-state index in [1.807, 2.05) is 6.08 Å². The molecule has 4 fully saturated rings. The van der Waals surface area contributed by atoms with Gasteiger partial charge in [0.15, 0.2) is 5.78 Å². The second-order valence-corrected chi connectivity index (χ2v) is 8.86. The molecule has 5 aliphatic rings. The summed E-state index contributed by atoms with van der Waals surface area (Å²) < 4.78 is 5.94. The van der Waals surface area contributed by atoms with Crippen molar-refractivity contribution in [1.82, 2.24) is 0 Å². The average molecular weight is 312 g/mol. The van der Waals surface area contributed by atoms with Gasteiger partial charge in [0.05, 0.1) is 6.61 Å². The van der Waals surface area contributed by atoms with E-state index in [0.29, 0.717) is 23.5 Å². The van der Waals surface area contributed by atoms with Crippen LogP contribution in [0.2, 0.25) is 0 Å². The Balaban J connectivity index is 1.61. The molecule has 1 aliphatic heterocycles. The number of ether oxygens (including phenoxy) is 1. The van der Waals surface area contributed by atoms with Crippen LogP contribution in [0, 0.1) is 28.6 Å². The van der Waals surface area contributed by atoms with Gasteiger partial charge in [0, 0.05) is 17.3 Å². The van der Waals surface area contributed by atoms with Crippen molar-refractivity contribution in [3.05, 3.63) is 23.8 Å². The largest absolute Gasteiger partial charge is 0.365 e. The summed E-state index contributed by atoms with van der Waals surface area (Å²) in [6.07, 6.45) is 10.6. The first-order valence-electron chi connectivity index (χ1n) is 9.02. The summed E-state index contributed by atoms with van der Waals surface area (Å²) >= 11 is 0. The molecule has 1 spiro atoms. The van der Waals surface area contributed by atoms with E-state index in [9.17, 15) is 9.59 Å². The van der Waals surface area contributed by atoms with Crippen molar-refractivity contribution in [1.29, 1.82) is 0 Å². The van der Waals surface area contributed by atoms with E-state index in [-0.39, 0.29) is 22.2 Å². The Morgan fingerprint density at radius 2 is 1.96 bits per heavy atom. The van der Waals surface area contributed by atoms with Crippen LogP contribution in [0.15, 0.2) is 23.8 Å². The number of epoxide rings is 1. The summed E-state index contributed by atoms with van der Waals surface area (Å²) in [5.41, 5.74) is 0.829. The number of fused-ring (bicyclic) bond motifs is 6. The molecule has 0 N–H and O–H groups in total. The zero-order chi connectivity index (χ0) is 16.0. The number of hydrogen-bond donors (Lipinski definition) is 0. The average Bonchev–Trinajstić information content (AvgIpc) is 3.21. The Kier molecular flexibility index (Phi) is 2.49. The molecular formula is C20H24O3. The smallest absolute Gasteiger partial charge is 0.178 e. The lowest BCUT2D eigenvalue weighted by molar-refractivity contribution is -0.132. The molecular weight excluding hydrogens is 288 g/mol. The molecule has 4 aliphatic carbocycles. The molecule has 0 radical (unpaired) electrons. The van der Waals surface area contributed by atoms with Crippen molar-refractivity contribution in [3.8, 4) is 0 Å². The lowest BCUT2D eigenvalue weighted by atomic mass is 9.46. The Morgan fingerprint density at radius 1 is 1.17 bits per heavy atom. The molecule has 0 aromatic heterocycles. The summed E-state index contributed by atoms with van der Waals surface area (Å²) in [6.45, 7) is 5.25. The van der Waals surface area contributed by atoms with E-state index < -0.39 is 0 Å². The Labute approximate surface area is 137 Å². The highest BCUT2D eigenvalue weighted by atomic mass is 16.6. The summed E-state index contributed by atoms with van der Waals surface area (Å²) in [6, 6.07) is 0. The lowest BCUT2D eigenvalue weighted by Gasteiger charge is -2.57. The molecule has 1 saturated heterocycles. The molecule has 0 aromatic rings. The fourth-order valence-corrected chi connectivity index (χ4v) is 6.58. The summed E-state index contributed by atoms with van der Waals surface area (Å²) in [5, 5.41) is 0. The van der Waals surface area contributed by atoms with Crippen LogP contribution in [0.4, 0.5) is 0 Å². The molecule has 122 valence electrons. The van der Waals surface area contributed by atoms with Gasteiger partial charge in [-0.1, -0.05) is 19.9 Å². The number of ketones is 2. The first-order valence-corrected chi connectivity index (χ1v) is 9.02. The van der Waals surface area contributed by atoms with Gasteiger partial charge in [-0.3, -0.25) is 9.59 Å². The van der Waals surface area contributed by atoms with E-state index in [1.165, 1.54) is 5.57 Å². The predicted octanol–water partition coefficient (Wildman–Crippen LogP) is 3.24. The maximum Gasteiger partial charge on any atom is 0.178 e. The van der Waals surface area contributed by atoms with Crippen molar-refractivity contribution < 1.29 is 14.3 Å². The van der Waals surface area contributed by atoms with Gasteiger partial charge < -0.3 is 4.74 Å². The van der Waals surface area contributed by atoms with E-state index in [1.54, 1.807) is 6.08 Å². The number of hydrogen-bond acceptors (Lipinski definition) is 3. The van der Waals surface area contributed by atoms with Crippen LogP contribution in [0.5, 0.6) is 0 Å². The Hall–Kier alpha value is -1.22. The van der Waals surface area contributed by atoms with Crippen molar-refractivity contribution in [2.24, 2.45) is 28.6 Å². The quantitative estimate of drug-likeness (QED) is 0.645. The standard InChI is InChI=1S/C20H24O3/c1-18-7-5-12(21)9-16(18)20(11-23-20)10-13-14-3-4-17(22)19(14,2)8-6-15(13)18/h5,7,9,13-15H,3-4,6,8,10-11H2,1-2H3. The molecule has 0 amide bonds. The van der Waals surface area contributed by atoms with Gasteiger partial charge in [0.25, 0.3) is 0 Å². The van der Waals surface area contributed by atoms with Gasteiger partial charge in [0.1, 0.15) is 11.4 Å². The number of Topliss-reactive ketones (excluding diaryl/α,β-unsaturated/α-hetero) is 1. The fourth-order valence-electron chi connectivity index (χ4n) is 6.58. The number of carbonyl (C=O) groups is 2. The van der Waals surface area contributed by atoms with Crippen LogP contribution in [-0.2, 0) is 14.3 Å². The van der Waals surface area contributed by atoms with Crippen LogP contribution in [0.1, 0.15) is 46.0 Å². The van der Waals surface area contributed by atoms with Crippen molar-refractivity contribution in [3.63, 3.8) is 0 Å². The molecule has 3 nitrogen and oxygen atoms in total. The van der Waals surface area contributed by atoms with Gasteiger partial charge in [-0.2, -0.15) is 0 Å². The van der Waals surface area contributed by atoms with Gasteiger partial charge in [0.2, 0.25) is 0 Å². The van der Waals surface area contributed by atoms with Crippen LogP contribution < -0.4 is 0 Å². The van der Waals surface area contributed by atoms with E-state index in [2.05, 4.69) is 19.9 Å². The SMILES string of the molecule is CC12C=CC(=O)C=C1C1(CO1)CC1C2CCC2(C)C(=O)CCC12. The number of allylic oxidation sites excluding steroid dienone is 3. The minimum absolute atomic E-state index is 0.0692. The summed E-state index contributed by atoms with van der Waals surface area (Å²) in [7, 11) is 0. The fraction of sp³-hybridized carbons (Fsp3) is 0.700. The van der Waals surface area contributed by atoms with Crippen LogP contribution >= 0.6 is 0 Å². The van der Waals surface area contributed by atoms with Crippen LogP contribution in [-0.4, -0.2) is 23.8 Å².